The molecule has 0 atom stereocenters. The van der Waals surface area contributed by atoms with E-state index in [2.05, 4.69) is 203 Å². The fraction of sp³-hybridized carbons (Fsp3) is 0. The number of aromatic nitrogens is 4. The maximum atomic E-state index is 5.26. The summed E-state index contributed by atoms with van der Waals surface area (Å²) < 4.78 is 4.63. The van der Waals surface area contributed by atoms with Crippen LogP contribution in [-0.2, 0) is 0 Å². The van der Waals surface area contributed by atoms with Gasteiger partial charge in [-0.2, -0.15) is 0 Å². The van der Waals surface area contributed by atoms with E-state index < -0.39 is 0 Å². The molecule has 270 valence electrons. The lowest BCUT2D eigenvalue weighted by Gasteiger charge is -2.13. The Morgan fingerprint density at radius 3 is 1.62 bits per heavy atom. The molecular formula is C54H34N4. The minimum absolute atomic E-state index is 0.664. The third kappa shape index (κ3) is 4.95. The van der Waals surface area contributed by atoms with Crippen LogP contribution in [0.1, 0.15) is 0 Å². The van der Waals surface area contributed by atoms with Crippen LogP contribution in [0.4, 0.5) is 0 Å². The summed E-state index contributed by atoms with van der Waals surface area (Å²) >= 11 is 0. The molecule has 0 saturated carbocycles. The van der Waals surface area contributed by atoms with Crippen LogP contribution in [-0.4, -0.2) is 19.1 Å². The highest BCUT2D eigenvalue weighted by Crippen LogP contribution is 2.42. The molecule has 58 heavy (non-hydrogen) atoms. The molecule has 9 aromatic carbocycles. The monoisotopic (exact) mass is 738 g/mol. The van der Waals surface area contributed by atoms with Crippen LogP contribution in [0.15, 0.2) is 206 Å². The van der Waals surface area contributed by atoms with Gasteiger partial charge in [-0.25, -0.2) is 9.97 Å². The Morgan fingerprint density at radius 1 is 0.310 bits per heavy atom. The second-order valence-electron chi connectivity index (χ2n) is 15.0. The fourth-order valence-corrected chi connectivity index (χ4v) is 9.10. The van der Waals surface area contributed by atoms with Crippen molar-refractivity contribution < 1.29 is 0 Å². The lowest BCUT2D eigenvalue weighted by Crippen LogP contribution is -2.03. The number of fused-ring (bicyclic) bond motifs is 9. The summed E-state index contributed by atoms with van der Waals surface area (Å²) in [6.45, 7) is 0. The Hall–Kier alpha value is -7.82. The number of para-hydroxylation sites is 4. The standard InChI is InChI=1S/C54H34N4/c1-3-15-37(16-4-1)52-44-23-9-12-24-48(44)55-54(56-52)58-50-26-14-10-20-41(50)46-33-38(31-32-51(46)58)35-27-29-36(30-28-35)45-34-47-42-21-11-13-25-49(42)57(39-17-5-2-6-18-39)53(47)43-22-8-7-19-40(43)45/h1-34H. The van der Waals surface area contributed by atoms with Crippen molar-refractivity contribution in [2.75, 3.05) is 0 Å². The molecular weight excluding hydrogens is 705 g/mol. The zero-order valence-electron chi connectivity index (χ0n) is 31.4. The van der Waals surface area contributed by atoms with E-state index in [1.54, 1.807) is 0 Å². The first kappa shape index (κ1) is 32.4. The molecule has 4 heteroatoms. The normalized spacial score (nSPS) is 11.8. The summed E-state index contributed by atoms with van der Waals surface area (Å²) in [6, 6.07) is 73.8. The average Bonchev–Trinajstić information content (AvgIpc) is 3.82. The Kier molecular flexibility index (Phi) is 7.20. The first-order chi connectivity index (χ1) is 28.8. The van der Waals surface area contributed by atoms with Gasteiger partial charge >= 0.3 is 0 Å². The van der Waals surface area contributed by atoms with Crippen molar-refractivity contribution in [2.45, 2.75) is 0 Å². The SMILES string of the molecule is c1ccc(-c2nc(-n3c4ccccc4c4cc(-c5ccc(-c6cc7c8ccccc8n(-c8ccccc8)c7c7ccccc67)cc5)ccc43)nc3ccccc23)cc1. The Labute approximate surface area is 334 Å². The minimum atomic E-state index is 0.664. The molecule has 0 saturated heterocycles. The molecule has 12 aromatic rings. The van der Waals surface area contributed by atoms with Gasteiger partial charge in [0.15, 0.2) is 0 Å². The molecule has 0 spiro atoms. The molecule has 12 rings (SSSR count). The van der Waals surface area contributed by atoms with Crippen molar-refractivity contribution in [3.05, 3.63) is 206 Å². The van der Waals surface area contributed by atoms with Crippen LogP contribution in [0, 0.1) is 0 Å². The number of hydrogen-bond donors (Lipinski definition) is 0. The van der Waals surface area contributed by atoms with E-state index in [4.69, 9.17) is 9.97 Å². The third-order valence-corrected chi connectivity index (χ3v) is 11.7. The van der Waals surface area contributed by atoms with E-state index >= 15 is 0 Å². The second-order valence-corrected chi connectivity index (χ2v) is 15.0. The van der Waals surface area contributed by atoms with E-state index in [1.807, 2.05) is 12.1 Å². The summed E-state index contributed by atoms with van der Waals surface area (Å²) in [5.41, 5.74) is 13.4. The van der Waals surface area contributed by atoms with Gasteiger partial charge in [-0.3, -0.25) is 4.57 Å². The van der Waals surface area contributed by atoms with E-state index in [0.29, 0.717) is 5.95 Å². The summed E-state index contributed by atoms with van der Waals surface area (Å²) in [6.07, 6.45) is 0. The van der Waals surface area contributed by atoms with Crippen LogP contribution in [0.5, 0.6) is 0 Å². The summed E-state index contributed by atoms with van der Waals surface area (Å²) in [5.74, 6) is 0.664. The highest BCUT2D eigenvalue weighted by molar-refractivity contribution is 6.22. The summed E-state index contributed by atoms with van der Waals surface area (Å²) in [7, 11) is 0. The van der Waals surface area contributed by atoms with Crippen molar-refractivity contribution in [3.8, 4) is 45.1 Å². The number of hydrogen-bond acceptors (Lipinski definition) is 2. The van der Waals surface area contributed by atoms with E-state index in [9.17, 15) is 0 Å². The van der Waals surface area contributed by atoms with Gasteiger partial charge in [-0.1, -0.05) is 158 Å². The van der Waals surface area contributed by atoms with Crippen LogP contribution < -0.4 is 0 Å². The predicted octanol–water partition coefficient (Wildman–Crippen LogP) is 14.0. The van der Waals surface area contributed by atoms with Crippen LogP contribution in [0.25, 0.3) is 110 Å². The molecule has 0 aliphatic carbocycles. The van der Waals surface area contributed by atoms with Crippen molar-refractivity contribution >= 4 is 65.3 Å². The molecule has 0 radical (unpaired) electrons. The minimum Gasteiger partial charge on any atom is -0.309 e. The Bertz CT molecular complexity index is 3540. The molecule has 0 aliphatic rings. The first-order valence-corrected chi connectivity index (χ1v) is 19.8. The zero-order valence-corrected chi connectivity index (χ0v) is 31.4. The van der Waals surface area contributed by atoms with E-state index in [-0.39, 0.29) is 0 Å². The maximum absolute atomic E-state index is 5.26. The topological polar surface area (TPSA) is 35.6 Å². The average molecular weight is 739 g/mol. The van der Waals surface area contributed by atoms with Crippen molar-refractivity contribution in [1.29, 1.82) is 0 Å². The maximum Gasteiger partial charge on any atom is 0.235 e. The summed E-state index contributed by atoms with van der Waals surface area (Å²) in [5, 5.41) is 8.37. The zero-order chi connectivity index (χ0) is 38.2. The molecule has 3 aromatic heterocycles. The highest BCUT2D eigenvalue weighted by Gasteiger charge is 2.20. The van der Waals surface area contributed by atoms with Gasteiger partial charge in [-0.15, -0.1) is 0 Å². The first-order valence-electron chi connectivity index (χ1n) is 19.8. The van der Waals surface area contributed by atoms with Crippen molar-refractivity contribution in [1.82, 2.24) is 19.1 Å². The molecule has 0 aliphatic heterocycles. The molecule has 0 unspecified atom stereocenters. The molecule has 0 bridgehead atoms. The van der Waals surface area contributed by atoms with E-state index in [0.717, 1.165) is 44.4 Å². The lowest BCUT2D eigenvalue weighted by atomic mass is 9.93. The lowest BCUT2D eigenvalue weighted by molar-refractivity contribution is 1.01. The molecule has 3 heterocycles. The van der Waals surface area contributed by atoms with Gasteiger partial charge in [0.05, 0.1) is 33.3 Å². The number of benzene rings is 9. The van der Waals surface area contributed by atoms with Gasteiger partial charge in [0, 0.05) is 43.6 Å². The molecule has 0 fully saturated rings. The predicted molar refractivity (Wildman–Crippen MR) is 242 cm³/mol. The van der Waals surface area contributed by atoms with Gasteiger partial charge in [0.2, 0.25) is 5.95 Å². The van der Waals surface area contributed by atoms with Crippen LogP contribution in [0.3, 0.4) is 0 Å². The molecule has 0 amide bonds. The number of nitrogens with zero attached hydrogens (tertiary/aromatic N) is 4. The van der Waals surface area contributed by atoms with Crippen molar-refractivity contribution in [3.63, 3.8) is 0 Å². The van der Waals surface area contributed by atoms with Crippen LogP contribution in [0.2, 0.25) is 0 Å². The van der Waals surface area contributed by atoms with Gasteiger partial charge in [-0.05, 0) is 76.2 Å². The Morgan fingerprint density at radius 2 is 0.862 bits per heavy atom. The van der Waals surface area contributed by atoms with Gasteiger partial charge < -0.3 is 4.57 Å². The van der Waals surface area contributed by atoms with Gasteiger partial charge in [0.1, 0.15) is 0 Å². The number of rotatable bonds is 5. The van der Waals surface area contributed by atoms with Crippen LogP contribution >= 0.6 is 0 Å². The van der Waals surface area contributed by atoms with Crippen molar-refractivity contribution in [2.24, 2.45) is 0 Å². The fourth-order valence-electron chi connectivity index (χ4n) is 9.10. The summed E-state index contributed by atoms with van der Waals surface area (Å²) in [4.78, 5) is 10.4. The second kappa shape index (κ2) is 12.9. The highest BCUT2D eigenvalue weighted by atomic mass is 15.2. The van der Waals surface area contributed by atoms with Gasteiger partial charge in [0.25, 0.3) is 0 Å². The quantitative estimate of drug-likeness (QED) is 0.176. The van der Waals surface area contributed by atoms with E-state index in [1.165, 1.54) is 60.0 Å². The third-order valence-electron chi connectivity index (χ3n) is 11.7. The largest absolute Gasteiger partial charge is 0.309 e. The molecule has 0 N–H and O–H groups in total. The molecule has 4 nitrogen and oxygen atoms in total. The Balaban J connectivity index is 0.994. The smallest absolute Gasteiger partial charge is 0.235 e.